The molecule has 4 aliphatic carbocycles. The lowest BCUT2D eigenvalue weighted by Gasteiger charge is -2.56. The summed E-state index contributed by atoms with van der Waals surface area (Å²) >= 11 is 0. The van der Waals surface area contributed by atoms with Crippen LogP contribution in [0.5, 0.6) is 0 Å². The molecule has 4 saturated carbocycles. The summed E-state index contributed by atoms with van der Waals surface area (Å²) in [5.74, 6) is 0.749. The number of hydrogen-bond acceptors (Lipinski definition) is 6. The van der Waals surface area contributed by atoms with E-state index in [0.717, 1.165) is 32.8 Å². The molecule has 8 heteroatoms. The van der Waals surface area contributed by atoms with Gasteiger partial charge in [-0.25, -0.2) is 9.59 Å². The van der Waals surface area contributed by atoms with Gasteiger partial charge in [-0.15, -0.1) is 0 Å². The third kappa shape index (κ3) is 3.73. The second kappa shape index (κ2) is 7.61. The molecule has 0 aromatic heterocycles. The molecule has 160 valence electrons. The van der Waals surface area contributed by atoms with Gasteiger partial charge >= 0.3 is 12.1 Å². The van der Waals surface area contributed by atoms with Crippen LogP contribution in [0.4, 0.5) is 4.79 Å². The van der Waals surface area contributed by atoms with Crippen LogP contribution in [0, 0.1) is 23.2 Å². The highest BCUT2D eigenvalue weighted by Gasteiger charge is 2.57. The number of likely N-dealkylation sites (tertiary alicyclic amines) is 1. The Morgan fingerprint density at radius 1 is 1.03 bits per heavy atom. The smallest absolute Gasteiger partial charge is 0.413 e. The topological polar surface area (TPSA) is 102 Å². The lowest BCUT2D eigenvalue weighted by atomic mass is 9.49. The molecular weight excluding hydrogens is 376 g/mol. The molecule has 8 nitrogen and oxygen atoms in total. The molecule has 0 radical (unpaired) electrons. The van der Waals surface area contributed by atoms with Crippen LogP contribution in [0.25, 0.3) is 0 Å². The van der Waals surface area contributed by atoms with Crippen LogP contribution in [0.2, 0.25) is 0 Å². The van der Waals surface area contributed by atoms with Crippen molar-refractivity contribution in [1.29, 1.82) is 0 Å². The maximum absolute atomic E-state index is 13.6. The number of amides is 3. The second-order valence-electron chi connectivity index (χ2n) is 9.41. The molecule has 0 aromatic rings. The number of esters is 1. The zero-order chi connectivity index (χ0) is 20.8. The SMILES string of the molecule is COC(=O)NC(=O)[C@@H](C)OC(=O)[C@H]1CCCN1C(=O)C12CC3CC(CC(C3)C1)C2. The van der Waals surface area contributed by atoms with E-state index in [0.29, 0.717) is 30.7 Å². The van der Waals surface area contributed by atoms with Gasteiger partial charge in [-0.3, -0.25) is 14.9 Å². The van der Waals surface area contributed by atoms with Crippen molar-refractivity contribution in [3.8, 4) is 0 Å². The molecular formula is C21H30N2O6. The van der Waals surface area contributed by atoms with Crippen LogP contribution < -0.4 is 5.32 Å². The Hall–Kier alpha value is -2.12. The molecule has 29 heavy (non-hydrogen) atoms. The predicted molar refractivity (Wildman–Crippen MR) is 101 cm³/mol. The van der Waals surface area contributed by atoms with Gasteiger partial charge in [0.1, 0.15) is 6.04 Å². The van der Waals surface area contributed by atoms with E-state index in [1.165, 1.54) is 26.2 Å². The Morgan fingerprint density at radius 3 is 2.17 bits per heavy atom. The Kier molecular flexibility index (Phi) is 5.29. The van der Waals surface area contributed by atoms with E-state index in [4.69, 9.17) is 4.74 Å². The van der Waals surface area contributed by atoms with Crippen molar-refractivity contribution in [3.63, 3.8) is 0 Å². The third-order valence-corrected chi connectivity index (χ3v) is 7.35. The van der Waals surface area contributed by atoms with E-state index in [9.17, 15) is 19.2 Å². The number of methoxy groups -OCH3 is 1. The predicted octanol–water partition coefficient (Wildman–Crippen LogP) is 2.01. The highest BCUT2D eigenvalue weighted by Crippen LogP contribution is 2.60. The number of hydrogen-bond donors (Lipinski definition) is 1. The Morgan fingerprint density at radius 2 is 1.62 bits per heavy atom. The van der Waals surface area contributed by atoms with Crippen LogP contribution in [0.3, 0.4) is 0 Å². The first-order valence-electron chi connectivity index (χ1n) is 10.7. The largest absolute Gasteiger partial charge is 0.453 e. The quantitative estimate of drug-likeness (QED) is 0.717. The maximum atomic E-state index is 13.6. The summed E-state index contributed by atoms with van der Waals surface area (Å²) in [7, 11) is 1.14. The van der Waals surface area contributed by atoms with Crippen molar-refractivity contribution < 1.29 is 28.7 Å². The first kappa shape index (κ1) is 20.2. The molecule has 4 bridgehead atoms. The molecule has 2 atom stereocenters. The number of alkyl carbamates (subject to hydrolysis) is 1. The summed E-state index contributed by atoms with van der Waals surface area (Å²) in [5.41, 5.74) is -0.300. The van der Waals surface area contributed by atoms with Crippen molar-refractivity contribution in [2.75, 3.05) is 13.7 Å². The molecule has 0 aromatic carbocycles. The number of imide groups is 1. The normalized spacial score (nSPS) is 35.9. The van der Waals surface area contributed by atoms with Gasteiger partial charge in [0, 0.05) is 6.54 Å². The van der Waals surface area contributed by atoms with Crippen LogP contribution in [-0.4, -0.2) is 54.6 Å². The first-order chi connectivity index (χ1) is 13.8. The Labute approximate surface area is 170 Å². The standard InChI is InChI=1S/C21H30N2O6/c1-12(17(24)22-20(27)28-2)29-18(25)16-4-3-5-23(16)19(26)21-9-13-6-14(10-21)8-15(7-13)11-21/h12-16H,3-11H2,1-2H3,(H,22,24,27)/t12-,13?,14?,15?,16-,21?/m1/s1. The maximum Gasteiger partial charge on any atom is 0.413 e. The number of rotatable bonds is 4. The summed E-state index contributed by atoms with van der Waals surface area (Å²) in [6, 6.07) is -0.649. The van der Waals surface area contributed by atoms with Gasteiger partial charge in [-0.2, -0.15) is 0 Å². The van der Waals surface area contributed by atoms with E-state index in [1.54, 1.807) is 4.90 Å². The van der Waals surface area contributed by atoms with Crippen molar-refractivity contribution in [2.45, 2.75) is 70.4 Å². The summed E-state index contributed by atoms with van der Waals surface area (Å²) in [4.78, 5) is 51.2. The highest BCUT2D eigenvalue weighted by molar-refractivity contribution is 5.95. The van der Waals surface area contributed by atoms with Crippen molar-refractivity contribution >= 4 is 23.9 Å². The number of nitrogens with one attached hydrogen (secondary N) is 1. The Bertz CT molecular complexity index is 685. The van der Waals surface area contributed by atoms with Crippen LogP contribution >= 0.6 is 0 Å². The van der Waals surface area contributed by atoms with Crippen LogP contribution in [0.15, 0.2) is 0 Å². The molecule has 5 rings (SSSR count). The summed E-state index contributed by atoms with van der Waals surface area (Å²) < 4.78 is 9.67. The van der Waals surface area contributed by atoms with Gasteiger partial charge in [-0.1, -0.05) is 0 Å². The van der Waals surface area contributed by atoms with E-state index in [2.05, 4.69) is 4.74 Å². The second-order valence-corrected chi connectivity index (χ2v) is 9.41. The number of carbonyl (C=O) groups is 4. The first-order valence-corrected chi connectivity index (χ1v) is 10.7. The Balaban J connectivity index is 1.41. The fraction of sp³-hybridized carbons (Fsp3) is 0.810. The van der Waals surface area contributed by atoms with Gasteiger partial charge in [0.05, 0.1) is 12.5 Å². The van der Waals surface area contributed by atoms with E-state index in [1.807, 2.05) is 5.32 Å². The third-order valence-electron chi connectivity index (χ3n) is 7.35. The lowest BCUT2D eigenvalue weighted by Crippen LogP contribution is -2.56. The molecule has 1 aliphatic heterocycles. The zero-order valence-electron chi connectivity index (χ0n) is 17.1. The van der Waals surface area contributed by atoms with Gasteiger partial charge in [0.2, 0.25) is 5.91 Å². The molecule has 5 aliphatic rings. The van der Waals surface area contributed by atoms with Crippen molar-refractivity contribution in [2.24, 2.45) is 23.2 Å². The average Bonchev–Trinajstić information content (AvgIpc) is 3.15. The van der Waals surface area contributed by atoms with Gasteiger partial charge in [0.25, 0.3) is 5.91 Å². The molecule has 3 amide bonds. The van der Waals surface area contributed by atoms with E-state index < -0.39 is 30.1 Å². The summed E-state index contributed by atoms with van der Waals surface area (Å²) in [5, 5.41) is 1.99. The fourth-order valence-electron chi connectivity index (χ4n) is 6.49. The highest BCUT2D eigenvalue weighted by atomic mass is 16.6. The molecule has 1 N–H and O–H groups in total. The van der Waals surface area contributed by atoms with E-state index >= 15 is 0 Å². The number of carbonyl (C=O) groups excluding carboxylic acids is 4. The van der Waals surface area contributed by atoms with Gasteiger partial charge < -0.3 is 14.4 Å². The molecule has 1 heterocycles. The molecule has 0 unspecified atom stereocenters. The lowest BCUT2D eigenvalue weighted by molar-refractivity contribution is -0.168. The van der Waals surface area contributed by atoms with Crippen LogP contribution in [-0.2, 0) is 23.9 Å². The molecule has 1 saturated heterocycles. The number of ether oxygens (including phenoxy) is 2. The molecule has 5 fully saturated rings. The van der Waals surface area contributed by atoms with Crippen LogP contribution in [0.1, 0.15) is 58.3 Å². The fourth-order valence-corrected chi connectivity index (χ4v) is 6.49. The minimum Gasteiger partial charge on any atom is -0.453 e. The van der Waals surface area contributed by atoms with E-state index in [-0.39, 0.29) is 11.3 Å². The number of nitrogens with zero attached hydrogens (tertiary/aromatic N) is 1. The van der Waals surface area contributed by atoms with Gasteiger partial charge in [-0.05, 0) is 76.0 Å². The minimum absolute atomic E-state index is 0.114. The summed E-state index contributed by atoms with van der Waals surface area (Å²) in [6.45, 7) is 1.96. The monoisotopic (exact) mass is 406 g/mol. The van der Waals surface area contributed by atoms with Crippen molar-refractivity contribution in [3.05, 3.63) is 0 Å². The van der Waals surface area contributed by atoms with Gasteiger partial charge in [0.15, 0.2) is 6.10 Å². The average molecular weight is 406 g/mol. The summed E-state index contributed by atoms with van der Waals surface area (Å²) in [6.07, 6.45) is 5.87. The minimum atomic E-state index is -1.14. The molecule has 0 spiro atoms. The zero-order valence-corrected chi connectivity index (χ0v) is 17.1. The van der Waals surface area contributed by atoms with Crippen molar-refractivity contribution in [1.82, 2.24) is 10.2 Å².